The summed E-state index contributed by atoms with van der Waals surface area (Å²) in [4.78, 5) is 23.5. The van der Waals surface area contributed by atoms with E-state index < -0.39 is 11.7 Å². The first-order chi connectivity index (χ1) is 9.73. The van der Waals surface area contributed by atoms with Gasteiger partial charge in [-0.25, -0.2) is 4.79 Å². The molecule has 0 aromatic rings. The van der Waals surface area contributed by atoms with Gasteiger partial charge >= 0.3 is 6.09 Å². The van der Waals surface area contributed by atoms with E-state index in [0.29, 0.717) is 12.8 Å². The van der Waals surface area contributed by atoms with Crippen molar-refractivity contribution < 1.29 is 23.8 Å². The van der Waals surface area contributed by atoms with Gasteiger partial charge in [-0.1, -0.05) is 0 Å². The fourth-order valence-corrected chi connectivity index (χ4v) is 2.48. The number of Topliss-reactive ketones (excluding diaryl/α,β-unsaturated/α-hetero) is 1. The Morgan fingerprint density at radius 3 is 2.43 bits per heavy atom. The maximum Gasteiger partial charge on any atom is 0.407 e. The van der Waals surface area contributed by atoms with Gasteiger partial charge in [0.25, 0.3) is 0 Å². The third-order valence-corrected chi connectivity index (χ3v) is 3.46. The molecular weight excluding hydrogens is 274 g/mol. The summed E-state index contributed by atoms with van der Waals surface area (Å²) < 4.78 is 15.8. The molecule has 0 heterocycles. The van der Waals surface area contributed by atoms with E-state index in [-0.39, 0.29) is 30.6 Å². The van der Waals surface area contributed by atoms with Crippen LogP contribution in [-0.4, -0.2) is 43.5 Å². The smallest absolute Gasteiger partial charge is 0.407 e. The summed E-state index contributed by atoms with van der Waals surface area (Å²) in [5, 5.41) is 2.83. The average Bonchev–Trinajstić information content (AvgIpc) is 2.34. The van der Waals surface area contributed by atoms with Gasteiger partial charge in [0.1, 0.15) is 18.2 Å². The molecule has 0 bridgehead atoms. The van der Waals surface area contributed by atoms with Gasteiger partial charge in [0.2, 0.25) is 0 Å². The quantitative estimate of drug-likeness (QED) is 0.788. The number of carbonyl (C=O) groups excluding carboxylic acids is 2. The maximum absolute atomic E-state index is 11.9. The van der Waals surface area contributed by atoms with E-state index in [2.05, 4.69) is 5.32 Å². The normalized spacial score (nSPS) is 26.2. The van der Waals surface area contributed by atoms with Crippen LogP contribution in [0, 0.1) is 5.92 Å². The zero-order valence-corrected chi connectivity index (χ0v) is 13.6. The second-order valence-corrected chi connectivity index (χ2v) is 6.48. The molecule has 0 aromatic heterocycles. The molecule has 1 fully saturated rings. The van der Waals surface area contributed by atoms with Gasteiger partial charge in [-0.05, 0) is 47.0 Å². The van der Waals surface area contributed by atoms with Crippen molar-refractivity contribution in [2.75, 3.05) is 13.9 Å². The first kappa shape index (κ1) is 17.9. The molecule has 6 heteroatoms. The van der Waals surface area contributed by atoms with Gasteiger partial charge in [0.05, 0.1) is 12.1 Å². The minimum atomic E-state index is -0.554. The van der Waals surface area contributed by atoms with Crippen molar-refractivity contribution in [3.8, 4) is 0 Å². The number of ketones is 1. The molecule has 21 heavy (non-hydrogen) atoms. The average molecular weight is 301 g/mol. The topological polar surface area (TPSA) is 73.9 Å². The molecule has 6 nitrogen and oxygen atoms in total. The van der Waals surface area contributed by atoms with Gasteiger partial charge < -0.3 is 19.5 Å². The Balaban J connectivity index is 2.64. The molecule has 1 rings (SSSR count). The number of alkyl carbamates (subject to hydrolysis) is 1. The molecule has 0 unspecified atom stereocenters. The Labute approximate surface area is 126 Å². The van der Waals surface area contributed by atoms with Crippen molar-refractivity contribution >= 4 is 11.9 Å². The molecule has 1 amide bonds. The molecule has 1 N–H and O–H groups in total. The van der Waals surface area contributed by atoms with Crippen LogP contribution in [0.5, 0.6) is 0 Å². The van der Waals surface area contributed by atoms with E-state index in [1.807, 2.05) is 20.8 Å². The van der Waals surface area contributed by atoms with Gasteiger partial charge in [0.15, 0.2) is 0 Å². The Morgan fingerprint density at radius 2 is 1.90 bits per heavy atom. The Morgan fingerprint density at radius 1 is 1.24 bits per heavy atom. The van der Waals surface area contributed by atoms with Gasteiger partial charge in [-0.15, -0.1) is 0 Å². The minimum Gasteiger partial charge on any atom is -0.444 e. The lowest BCUT2D eigenvalue weighted by molar-refractivity contribution is -0.126. The molecule has 0 radical (unpaired) electrons. The number of hydrogen-bond acceptors (Lipinski definition) is 5. The fraction of sp³-hybridized carbons (Fsp3) is 0.867. The van der Waals surface area contributed by atoms with Crippen LogP contribution in [0.4, 0.5) is 4.79 Å². The first-order valence-corrected chi connectivity index (χ1v) is 7.33. The maximum atomic E-state index is 11.9. The van der Waals surface area contributed by atoms with E-state index >= 15 is 0 Å². The summed E-state index contributed by atoms with van der Waals surface area (Å²) in [6.07, 6.45) is 1.42. The zero-order valence-electron chi connectivity index (χ0n) is 13.6. The second kappa shape index (κ2) is 7.75. The molecule has 0 spiro atoms. The van der Waals surface area contributed by atoms with Crippen molar-refractivity contribution in [3.63, 3.8) is 0 Å². The lowest BCUT2D eigenvalue weighted by Gasteiger charge is -2.35. The second-order valence-electron chi connectivity index (χ2n) is 6.48. The Bertz CT molecular complexity index is 364. The molecular formula is C15H27NO5. The molecule has 0 saturated heterocycles. The number of hydrogen-bond donors (Lipinski definition) is 1. The van der Waals surface area contributed by atoms with E-state index in [1.165, 1.54) is 0 Å². The Kier molecular flexibility index (Phi) is 6.61. The number of rotatable bonds is 5. The summed E-state index contributed by atoms with van der Waals surface area (Å²) in [5.74, 6) is 0.114. The lowest BCUT2D eigenvalue weighted by atomic mass is 9.82. The SMILES string of the molecule is COCO[C@H]1CC[C@@H](C(C)=O)C[C@@H]1NC(=O)OC(C)(C)C. The van der Waals surface area contributed by atoms with Crippen LogP contribution in [0.25, 0.3) is 0 Å². The summed E-state index contributed by atoms with van der Waals surface area (Å²) in [6.45, 7) is 7.19. The van der Waals surface area contributed by atoms with E-state index in [4.69, 9.17) is 14.2 Å². The molecule has 1 aliphatic rings. The highest BCUT2D eigenvalue weighted by molar-refractivity contribution is 5.78. The summed E-state index contributed by atoms with van der Waals surface area (Å²) in [7, 11) is 1.55. The molecule has 1 saturated carbocycles. The molecule has 0 aromatic carbocycles. The standard InChI is InChI=1S/C15H27NO5/c1-10(17)11-6-7-13(20-9-19-5)12(8-11)16-14(18)21-15(2,3)4/h11-13H,6-9H2,1-5H3,(H,16,18)/t11-,12+,13+/m1/s1. The van der Waals surface area contributed by atoms with Crippen LogP contribution >= 0.6 is 0 Å². The van der Waals surface area contributed by atoms with Crippen molar-refractivity contribution in [2.45, 2.75) is 64.7 Å². The summed E-state index contributed by atoms with van der Waals surface area (Å²) in [5.41, 5.74) is -0.554. The van der Waals surface area contributed by atoms with Crippen molar-refractivity contribution in [1.29, 1.82) is 0 Å². The third kappa shape index (κ3) is 6.44. The summed E-state index contributed by atoms with van der Waals surface area (Å²) >= 11 is 0. The van der Waals surface area contributed by atoms with Crippen LogP contribution in [-0.2, 0) is 19.0 Å². The highest BCUT2D eigenvalue weighted by Crippen LogP contribution is 2.27. The van der Waals surface area contributed by atoms with Crippen LogP contribution in [0.15, 0.2) is 0 Å². The number of methoxy groups -OCH3 is 1. The lowest BCUT2D eigenvalue weighted by Crippen LogP contribution is -2.50. The molecule has 3 atom stereocenters. The van der Waals surface area contributed by atoms with Crippen molar-refractivity contribution in [1.82, 2.24) is 5.32 Å². The minimum absolute atomic E-state index is 0.0349. The number of amides is 1. The predicted octanol–water partition coefficient (Wildman–Crippen LogP) is 2.26. The van der Waals surface area contributed by atoms with Crippen LogP contribution < -0.4 is 5.32 Å². The predicted molar refractivity (Wildman–Crippen MR) is 77.9 cm³/mol. The van der Waals surface area contributed by atoms with E-state index in [9.17, 15) is 9.59 Å². The molecule has 1 aliphatic carbocycles. The largest absolute Gasteiger partial charge is 0.444 e. The first-order valence-electron chi connectivity index (χ1n) is 7.33. The number of carbonyl (C=O) groups is 2. The highest BCUT2D eigenvalue weighted by atomic mass is 16.7. The van der Waals surface area contributed by atoms with Crippen molar-refractivity contribution in [2.24, 2.45) is 5.92 Å². The van der Waals surface area contributed by atoms with Gasteiger partial charge in [-0.3, -0.25) is 4.79 Å². The third-order valence-electron chi connectivity index (χ3n) is 3.46. The van der Waals surface area contributed by atoms with Gasteiger partial charge in [-0.2, -0.15) is 0 Å². The van der Waals surface area contributed by atoms with Crippen molar-refractivity contribution in [3.05, 3.63) is 0 Å². The van der Waals surface area contributed by atoms with Crippen LogP contribution in [0.1, 0.15) is 47.0 Å². The van der Waals surface area contributed by atoms with E-state index in [1.54, 1.807) is 14.0 Å². The zero-order chi connectivity index (χ0) is 16.0. The Hall–Kier alpha value is -1.14. The van der Waals surface area contributed by atoms with Gasteiger partial charge in [0, 0.05) is 13.0 Å². The fourth-order valence-electron chi connectivity index (χ4n) is 2.48. The number of ether oxygens (including phenoxy) is 3. The highest BCUT2D eigenvalue weighted by Gasteiger charge is 2.35. The molecule has 0 aliphatic heterocycles. The monoisotopic (exact) mass is 301 g/mol. The van der Waals surface area contributed by atoms with Crippen LogP contribution in [0.3, 0.4) is 0 Å². The van der Waals surface area contributed by atoms with Crippen LogP contribution in [0.2, 0.25) is 0 Å². The van der Waals surface area contributed by atoms with E-state index in [0.717, 1.165) is 6.42 Å². The number of nitrogens with one attached hydrogen (secondary N) is 1. The molecule has 122 valence electrons. The summed E-state index contributed by atoms with van der Waals surface area (Å²) in [6, 6.07) is -0.238.